The lowest BCUT2D eigenvalue weighted by Gasteiger charge is -2.17. The molecule has 0 radical (unpaired) electrons. The Morgan fingerprint density at radius 3 is 2.63 bits per heavy atom. The zero-order chi connectivity index (χ0) is 22.3. The van der Waals surface area contributed by atoms with Crippen molar-refractivity contribution >= 4 is 38.6 Å². The fourth-order valence-electron chi connectivity index (χ4n) is 2.62. The van der Waals surface area contributed by atoms with E-state index in [2.05, 4.69) is 33.8 Å². The summed E-state index contributed by atoms with van der Waals surface area (Å²) in [6.45, 7) is -0.879. The van der Waals surface area contributed by atoms with E-state index < -0.39 is 46.8 Å². The van der Waals surface area contributed by atoms with E-state index in [1.54, 1.807) is 0 Å². The zero-order valence-electron chi connectivity index (χ0n) is 14.5. The smallest absolute Gasteiger partial charge is 0.387 e. The normalized spacial score (nSPS) is 26.4. The number of aliphatic hydroxyl groups excluding tert-OH is 2. The number of aliphatic hydroxyl groups is 2. The van der Waals surface area contributed by atoms with Crippen molar-refractivity contribution in [2.75, 3.05) is 12.3 Å². The van der Waals surface area contributed by atoms with Crippen LogP contribution in [-0.4, -0.2) is 69.3 Å². The molecular weight excluding hydrogens is 454 g/mol. The lowest BCUT2D eigenvalue weighted by atomic mass is 10.1. The minimum absolute atomic E-state index is 0.0135. The van der Waals surface area contributed by atoms with Crippen LogP contribution in [0, 0.1) is 0 Å². The topological polar surface area (TPSA) is 281 Å². The maximum atomic E-state index is 11.5. The van der Waals surface area contributed by atoms with Gasteiger partial charge in [-0.05, 0) is 10.6 Å². The Labute approximate surface area is 165 Å². The van der Waals surface area contributed by atoms with Gasteiger partial charge in [0.1, 0.15) is 23.8 Å². The standard InChI is InChI=1S/C10H14N8O10P2/c11-7-4-8(15-10(14-7)16-17-12)18(2-13-4)9-6(20)5(19)3(27-9)1-26-30(24,25)28-29(21,22)23/h2-3,5-6,9,19-20H,1H2,(H,24,25)(H2,11,14,15)(H2,21,22,23)/t3-,5-,6-,9-/m1/s1. The van der Waals surface area contributed by atoms with Gasteiger partial charge in [0.15, 0.2) is 17.7 Å². The molecule has 30 heavy (non-hydrogen) atoms. The van der Waals surface area contributed by atoms with Gasteiger partial charge in [0.25, 0.3) is 0 Å². The van der Waals surface area contributed by atoms with Gasteiger partial charge in [-0.3, -0.25) is 9.09 Å². The first kappa shape index (κ1) is 22.5. The summed E-state index contributed by atoms with van der Waals surface area (Å²) >= 11 is 0. The molecule has 0 aromatic carbocycles. The van der Waals surface area contributed by atoms with Crippen molar-refractivity contribution in [2.45, 2.75) is 24.5 Å². The molecule has 1 unspecified atom stereocenters. The summed E-state index contributed by atoms with van der Waals surface area (Å²) in [6.07, 6.45) is -4.88. The van der Waals surface area contributed by atoms with Crippen LogP contribution in [0.2, 0.25) is 0 Å². The molecule has 5 atom stereocenters. The van der Waals surface area contributed by atoms with E-state index in [1.165, 1.54) is 0 Å². The molecule has 1 aliphatic heterocycles. The molecule has 3 rings (SSSR count). The highest BCUT2D eigenvalue weighted by Crippen LogP contribution is 2.57. The number of aromatic nitrogens is 4. The van der Waals surface area contributed by atoms with E-state index in [9.17, 15) is 24.2 Å². The number of azide groups is 1. The van der Waals surface area contributed by atoms with Crippen molar-refractivity contribution in [3.8, 4) is 0 Å². The van der Waals surface area contributed by atoms with E-state index in [4.69, 9.17) is 25.8 Å². The van der Waals surface area contributed by atoms with E-state index in [0.29, 0.717) is 0 Å². The van der Waals surface area contributed by atoms with E-state index >= 15 is 0 Å². The predicted molar refractivity (Wildman–Crippen MR) is 93.4 cm³/mol. The number of rotatable bonds is 7. The first-order chi connectivity index (χ1) is 13.9. The van der Waals surface area contributed by atoms with Gasteiger partial charge in [-0.25, -0.2) is 24.1 Å². The van der Waals surface area contributed by atoms with E-state index in [0.717, 1.165) is 10.9 Å². The number of nitrogen functional groups attached to an aromatic ring is 1. The average molecular weight is 468 g/mol. The van der Waals surface area contributed by atoms with Crippen LogP contribution < -0.4 is 5.73 Å². The maximum Gasteiger partial charge on any atom is 0.481 e. The number of hydrogen-bond donors (Lipinski definition) is 6. The first-order valence-corrected chi connectivity index (χ1v) is 10.8. The Bertz CT molecular complexity index is 1100. The molecule has 3 heterocycles. The van der Waals surface area contributed by atoms with Crippen molar-refractivity contribution in [3.63, 3.8) is 0 Å². The van der Waals surface area contributed by atoms with E-state index in [-0.39, 0.29) is 22.9 Å². The second-order valence-electron chi connectivity index (χ2n) is 5.81. The van der Waals surface area contributed by atoms with Crippen LogP contribution in [0.3, 0.4) is 0 Å². The Morgan fingerprint density at radius 1 is 1.30 bits per heavy atom. The van der Waals surface area contributed by atoms with Crippen LogP contribution in [0.4, 0.5) is 11.8 Å². The lowest BCUT2D eigenvalue weighted by molar-refractivity contribution is -0.0503. The number of ether oxygens (including phenoxy) is 1. The summed E-state index contributed by atoms with van der Waals surface area (Å²) in [7, 11) is -10.5. The van der Waals surface area contributed by atoms with Gasteiger partial charge in [-0.1, -0.05) is 0 Å². The molecule has 1 fully saturated rings. The third-order valence-electron chi connectivity index (χ3n) is 3.79. The van der Waals surface area contributed by atoms with Crippen molar-refractivity contribution < 1.29 is 47.6 Å². The second kappa shape index (κ2) is 8.14. The quantitative estimate of drug-likeness (QED) is 0.125. The van der Waals surface area contributed by atoms with Gasteiger partial charge in [0.05, 0.1) is 12.9 Å². The summed E-state index contributed by atoms with van der Waals surface area (Å²) in [4.78, 5) is 40.6. The second-order valence-corrected chi connectivity index (χ2v) is 8.63. The van der Waals surface area contributed by atoms with Gasteiger partial charge >= 0.3 is 15.6 Å². The molecule has 2 aromatic heterocycles. The van der Waals surface area contributed by atoms with E-state index in [1.807, 2.05) is 0 Å². The number of anilines is 1. The summed E-state index contributed by atoms with van der Waals surface area (Å²) in [5.41, 5.74) is 14.3. The molecule has 18 nitrogen and oxygen atoms in total. The fourth-order valence-corrected chi connectivity index (χ4v) is 4.22. The first-order valence-electron chi connectivity index (χ1n) is 7.73. The number of phosphoric acid groups is 2. The fraction of sp³-hybridized carbons (Fsp3) is 0.500. The van der Waals surface area contributed by atoms with Crippen LogP contribution in [0.25, 0.3) is 21.6 Å². The van der Waals surface area contributed by atoms with Crippen molar-refractivity contribution in [2.24, 2.45) is 5.11 Å². The molecule has 1 saturated heterocycles. The van der Waals surface area contributed by atoms with Crippen LogP contribution in [-0.2, 0) is 22.7 Å². The van der Waals surface area contributed by atoms with Gasteiger partial charge in [-0.2, -0.15) is 4.31 Å². The molecule has 0 aliphatic carbocycles. The van der Waals surface area contributed by atoms with Crippen molar-refractivity contribution in [3.05, 3.63) is 16.8 Å². The SMILES string of the molecule is [N-]=[N+]=Nc1nc(N)c2ncn([C@@H]3O[C@H](COP(=O)(O)OP(=O)(O)O)[C@@H](O)[C@H]3O)c2n1. The Balaban J connectivity index is 1.83. The third-order valence-corrected chi connectivity index (χ3v) is 5.95. The van der Waals surface area contributed by atoms with Crippen LogP contribution >= 0.6 is 15.6 Å². The Morgan fingerprint density at radius 2 is 2.00 bits per heavy atom. The Kier molecular flexibility index (Phi) is 6.10. The zero-order valence-corrected chi connectivity index (χ0v) is 16.3. The number of phosphoric ester groups is 1. The van der Waals surface area contributed by atoms with Gasteiger partial charge in [-0.15, -0.1) is 0 Å². The maximum absolute atomic E-state index is 11.5. The minimum Gasteiger partial charge on any atom is -0.387 e. The highest BCUT2D eigenvalue weighted by Gasteiger charge is 2.46. The molecule has 0 saturated carbocycles. The molecule has 0 spiro atoms. The lowest BCUT2D eigenvalue weighted by Crippen LogP contribution is -2.33. The molecule has 164 valence electrons. The number of nitrogens with zero attached hydrogens (tertiary/aromatic N) is 7. The predicted octanol–water partition coefficient (Wildman–Crippen LogP) is -0.804. The van der Waals surface area contributed by atoms with Crippen molar-refractivity contribution in [1.82, 2.24) is 19.5 Å². The summed E-state index contributed by atoms with van der Waals surface area (Å²) < 4.78 is 36.8. The highest BCUT2D eigenvalue weighted by molar-refractivity contribution is 7.60. The number of fused-ring (bicyclic) bond motifs is 1. The number of imidazole rings is 1. The molecule has 2 aromatic rings. The monoisotopic (exact) mass is 468 g/mol. The highest BCUT2D eigenvalue weighted by atomic mass is 31.3. The molecule has 20 heteroatoms. The minimum atomic E-state index is -5.33. The number of nitrogens with two attached hydrogens (primary N) is 1. The third kappa shape index (κ3) is 4.75. The molecule has 0 bridgehead atoms. The van der Waals surface area contributed by atoms with Gasteiger partial charge < -0.3 is 35.4 Å². The molecule has 1 aliphatic rings. The number of hydrogen-bond acceptors (Lipinski definition) is 12. The van der Waals surface area contributed by atoms with Crippen LogP contribution in [0.15, 0.2) is 11.4 Å². The molecular formula is C10H14N8O10P2. The Hall–Kier alpha value is -2.20. The molecule has 0 amide bonds. The largest absolute Gasteiger partial charge is 0.481 e. The summed E-state index contributed by atoms with van der Waals surface area (Å²) in [6, 6.07) is 0. The van der Waals surface area contributed by atoms with Gasteiger partial charge in [0.2, 0.25) is 5.95 Å². The average Bonchev–Trinajstić information content (AvgIpc) is 3.14. The summed E-state index contributed by atoms with van der Waals surface area (Å²) in [5, 5.41) is 23.7. The van der Waals surface area contributed by atoms with Crippen LogP contribution in [0.1, 0.15) is 6.23 Å². The van der Waals surface area contributed by atoms with Gasteiger partial charge in [0, 0.05) is 4.91 Å². The van der Waals surface area contributed by atoms with Crippen molar-refractivity contribution in [1.29, 1.82) is 0 Å². The molecule has 7 N–H and O–H groups in total. The summed E-state index contributed by atoms with van der Waals surface area (Å²) in [5.74, 6) is -0.474. The van der Waals surface area contributed by atoms with Crippen LogP contribution in [0.5, 0.6) is 0 Å².